The highest BCUT2D eigenvalue weighted by atomic mass is 19.1. The fourth-order valence-electron chi connectivity index (χ4n) is 4.67. The molecule has 2 atom stereocenters. The van der Waals surface area contributed by atoms with Crippen molar-refractivity contribution in [2.75, 3.05) is 13.2 Å². The zero-order valence-corrected chi connectivity index (χ0v) is 17.3. The first kappa shape index (κ1) is 20.4. The first-order chi connectivity index (χ1) is 15.6. The number of ketones is 1. The van der Waals surface area contributed by atoms with Crippen LogP contribution in [0.1, 0.15) is 30.0 Å². The third-order valence-corrected chi connectivity index (χ3v) is 6.21. The van der Waals surface area contributed by atoms with E-state index in [1.165, 1.54) is 11.0 Å². The van der Waals surface area contributed by atoms with Gasteiger partial charge in [0.2, 0.25) is 0 Å². The summed E-state index contributed by atoms with van der Waals surface area (Å²) in [6.07, 6.45) is 1.41. The summed E-state index contributed by atoms with van der Waals surface area (Å²) < 4.78 is 20.6. The molecule has 0 radical (unpaired) electrons. The van der Waals surface area contributed by atoms with E-state index in [0.717, 1.165) is 23.6 Å². The highest BCUT2D eigenvalue weighted by Crippen LogP contribution is 2.41. The largest absolute Gasteiger partial charge is 0.507 e. The lowest BCUT2D eigenvalue weighted by atomic mass is 9.93. The van der Waals surface area contributed by atoms with Crippen LogP contribution in [0.25, 0.3) is 16.5 Å². The molecule has 0 spiro atoms. The molecule has 32 heavy (non-hydrogen) atoms. The maximum atomic E-state index is 14.9. The van der Waals surface area contributed by atoms with Crippen LogP contribution in [0.4, 0.5) is 4.39 Å². The average Bonchev–Trinajstić information content (AvgIpc) is 3.41. The highest BCUT2D eigenvalue weighted by molar-refractivity contribution is 6.46. The van der Waals surface area contributed by atoms with Gasteiger partial charge in [0.1, 0.15) is 11.6 Å². The molecule has 1 N–H and O–H groups in total. The second kappa shape index (κ2) is 8.20. The molecule has 1 amide bonds. The number of rotatable bonds is 4. The van der Waals surface area contributed by atoms with E-state index in [2.05, 4.69) is 0 Å². The number of ether oxygens (including phenoxy) is 1. The number of Topliss-reactive ketones (excluding diaryl/α,β-unsaturated/α-hetero) is 1. The molecular weight excluding hydrogens is 409 g/mol. The molecule has 3 aromatic rings. The van der Waals surface area contributed by atoms with Gasteiger partial charge in [-0.2, -0.15) is 0 Å². The molecule has 0 aliphatic carbocycles. The number of fused-ring (bicyclic) bond motifs is 1. The minimum absolute atomic E-state index is 0.102. The Kier molecular flexibility index (Phi) is 5.23. The number of carbonyl (C=O) groups excluding carboxylic acids is 2. The number of hydrogen-bond acceptors (Lipinski definition) is 4. The monoisotopic (exact) mass is 431 g/mol. The molecule has 2 heterocycles. The van der Waals surface area contributed by atoms with Gasteiger partial charge in [-0.15, -0.1) is 0 Å². The number of carbonyl (C=O) groups is 2. The molecule has 162 valence electrons. The topological polar surface area (TPSA) is 66.8 Å². The first-order valence-corrected chi connectivity index (χ1v) is 10.7. The van der Waals surface area contributed by atoms with E-state index in [9.17, 15) is 19.1 Å². The van der Waals surface area contributed by atoms with E-state index in [0.29, 0.717) is 12.2 Å². The van der Waals surface area contributed by atoms with Gasteiger partial charge in [0, 0.05) is 24.3 Å². The summed E-state index contributed by atoms with van der Waals surface area (Å²) in [6.45, 7) is 0.755. The Morgan fingerprint density at radius 3 is 2.56 bits per heavy atom. The summed E-state index contributed by atoms with van der Waals surface area (Å²) in [6, 6.07) is 17.8. The van der Waals surface area contributed by atoms with Crippen LogP contribution < -0.4 is 0 Å². The van der Waals surface area contributed by atoms with Crippen molar-refractivity contribution in [3.8, 4) is 0 Å². The maximum Gasteiger partial charge on any atom is 0.295 e. The summed E-state index contributed by atoms with van der Waals surface area (Å²) in [5.74, 6) is -2.42. The third kappa shape index (κ3) is 3.37. The normalized spacial score (nSPS) is 22.7. The van der Waals surface area contributed by atoms with Crippen LogP contribution in [0.3, 0.4) is 0 Å². The molecule has 2 fully saturated rings. The number of halogens is 1. The van der Waals surface area contributed by atoms with Gasteiger partial charge in [-0.05, 0) is 29.7 Å². The second-order valence-corrected chi connectivity index (χ2v) is 8.13. The molecule has 5 nitrogen and oxygen atoms in total. The predicted octanol–water partition coefficient (Wildman–Crippen LogP) is 4.58. The molecule has 5 rings (SSSR count). The van der Waals surface area contributed by atoms with Gasteiger partial charge in [-0.3, -0.25) is 9.59 Å². The van der Waals surface area contributed by atoms with Crippen LogP contribution in [0, 0.1) is 5.82 Å². The molecule has 0 saturated carbocycles. The number of nitrogens with zero attached hydrogens (tertiary/aromatic N) is 1. The summed E-state index contributed by atoms with van der Waals surface area (Å²) >= 11 is 0. The molecule has 0 bridgehead atoms. The van der Waals surface area contributed by atoms with Crippen molar-refractivity contribution in [3.63, 3.8) is 0 Å². The van der Waals surface area contributed by atoms with Crippen LogP contribution in [0.2, 0.25) is 0 Å². The molecule has 2 unspecified atom stereocenters. The Morgan fingerprint density at radius 1 is 1.03 bits per heavy atom. The smallest absolute Gasteiger partial charge is 0.295 e. The quantitative estimate of drug-likeness (QED) is 0.373. The summed E-state index contributed by atoms with van der Waals surface area (Å²) in [4.78, 5) is 27.6. The number of amides is 1. The molecule has 0 aromatic heterocycles. The predicted molar refractivity (Wildman–Crippen MR) is 118 cm³/mol. The molecule has 2 saturated heterocycles. The highest BCUT2D eigenvalue weighted by Gasteiger charge is 2.47. The number of likely N-dealkylation sites (tertiary alicyclic amines) is 1. The Morgan fingerprint density at radius 2 is 1.78 bits per heavy atom. The van der Waals surface area contributed by atoms with Crippen LogP contribution in [-0.4, -0.2) is 41.0 Å². The average molecular weight is 431 g/mol. The van der Waals surface area contributed by atoms with Crippen LogP contribution in [-0.2, 0) is 14.3 Å². The van der Waals surface area contributed by atoms with E-state index in [4.69, 9.17) is 4.74 Å². The molecule has 2 aliphatic heterocycles. The Bertz CT molecular complexity index is 1240. The Hall–Kier alpha value is -3.51. The zero-order valence-electron chi connectivity index (χ0n) is 17.3. The van der Waals surface area contributed by atoms with Crippen molar-refractivity contribution in [2.45, 2.75) is 25.0 Å². The van der Waals surface area contributed by atoms with Crippen LogP contribution in [0.5, 0.6) is 0 Å². The minimum atomic E-state index is -1.03. The number of benzene rings is 3. The fraction of sp³-hybridized carbons (Fsp3) is 0.231. The van der Waals surface area contributed by atoms with Gasteiger partial charge in [0.15, 0.2) is 0 Å². The Labute approximate surface area is 184 Å². The lowest BCUT2D eigenvalue weighted by Gasteiger charge is -2.27. The van der Waals surface area contributed by atoms with Gasteiger partial charge >= 0.3 is 0 Å². The molecule has 2 aliphatic rings. The summed E-state index contributed by atoms with van der Waals surface area (Å²) in [5, 5.41) is 13.0. The second-order valence-electron chi connectivity index (χ2n) is 8.13. The fourth-order valence-corrected chi connectivity index (χ4v) is 4.67. The first-order valence-electron chi connectivity index (χ1n) is 10.7. The van der Waals surface area contributed by atoms with Gasteiger partial charge in [0.05, 0.1) is 17.7 Å². The van der Waals surface area contributed by atoms with Crippen molar-refractivity contribution in [1.82, 2.24) is 4.90 Å². The summed E-state index contributed by atoms with van der Waals surface area (Å²) in [5.41, 5.74) is 0.500. The lowest BCUT2D eigenvalue weighted by molar-refractivity contribution is -0.140. The van der Waals surface area contributed by atoms with E-state index in [1.807, 2.05) is 30.3 Å². The third-order valence-electron chi connectivity index (χ3n) is 6.21. The van der Waals surface area contributed by atoms with Crippen molar-refractivity contribution in [2.24, 2.45) is 0 Å². The van der Waals surface area contributed by atoms with Crippen molar-refractivity contribution >= 4 is 28.2 Å². The summed E-state index contributed by atoms with van der Waals surface area (Å²) in [7, 11) is 0. The lowest BCUT2D eigenvalue weighted by Crippen LogP contribution is -2.36. The van der Waals surface area contributed by atoms with Crippen LogP contribution >= 0.6 is 0 Å². The SMILES string of the molecule is O=C1C(=O)N(CC2CCCO2)C(c2ccccc2F)/C1=C(\O)c1cccc2ccccc12. The molecule has 3 aromatic carbocycles. The van der Waals surface area contributed by atoms with Crippen molar-refractivity contribution in [1.29, 1.82) is 0 Å². The van der Waals surface area contributed by atoms with E-state index in [1.54, 1.807) is 30.3 Å². The van der Waals surface area contributed by atoms with Gasteiger partial charge in [-0.1, -0.05) is 60.7 Å². The van der Waals surface area contributed by atoms with Crippen molar-refractivity contribution < 1.29 is 23.8 Å². The maximum absolute atomic E-state index is 14.9. The van der Waals surface area contributed by atoms with E-state index >= 15 is 0 Å². The van der Waals surface area contributed by atoms with Crippen molar-refractivity contribution in [3.05, 3.63) is 89.2 Å². The Balaban J connectivity index is 1.70. The number of hydrogen-bond donors (Lipinski definition) is 1. The van der Waals surface area contributed by atoms with Gasteiger partial charge in [0.25, 0.3) is 11.7 Å². The molecule has 6 heteroatoms. The van der Waals surface area contributed by atoms with Gasteiger partial charge in [-0.25, -0.2) is 4.39 Å². The standard InChI is InChI=1S/C26H22FNO4/c27-21-13-4-3-11-20(21)23-22(25(30)26(31)28(23)15-17-9-6-14-32-17)24(29)19-12-5-8-16-7-1-2-10-18(16)19/h1-5,7-8,10-13,17,23,29H,6,9,14-15H2/b24-22+. The zero-order chi connectivity index (χ0) is 22.2. The number of aliphatic hydroxyl groups excluding tert-OH is 1. The molecular formula is C26H22FNO4. The van der Waals surface area contributed by atoms with Gasteiger partial charge < -0.3 is 14.7 Å². The number of aliphatic hydroxyl groups is 1. The minimum Gasteiger partial charge on any atom is -0.507 e. The van der Waals surface area contributed by atoms with E-state index in [-0.39, 0.29) is 29.5 Å². The van der Waals surface area contributed by atoms with E-state index < -0.39 is 23.5 Å². The van der Waals surface area contributed by atoms with Crippen LogP contribution in [0.15, 0.2) is 72.3 Å².